The summed E-state index contributed by atoms with van der Waals surface area (Å²) < 4.78 is 6.14. The summed E-state index contributed by atoms with van der Waals surface area (Å²) in [6, 6.07) is 21.4. The molecular weight excluding hydrogens is 239 g/mol. The molecule has 1 fully saturated rings. The molecule has 1 aliphatic heterocycles. The number of benzene rings is 2. The lowest BCUT2D eigenvalue weighted by atomic mass is 10.2. The Morgan fingerprint density at radius 3 is 2.22 bits per heavy atom. The predicted molar refractivity (Wildman–Crippen MR) is 77.6 cm³/mol. The van der Waals surface area contributed by atoms with Gasteiger partial charge in [-0.05, 0) is 25.7 Å². The van der Waals surface area contributed by atoms with Crippen LogP contribution < -0.4 is 5.30 Å². The predicted octanol–water partition coefficient (Wildman–Crippen LogP) is 3.91. The number of hydrogen-bond acceptors (Lipinski definition) is 1. The molecule has 0 saturated carbocycles. The van der Waals surface area contributed by atoms with Crippen molar-refractivity contribution in [3.63, 3.8) is 0 Å². The van der Waals surface area contributed by atoms with E-state index in [4.69, 9.17) is 4.74 Å². The molecule has 0 radical (unpaired) electrons. The third-order valence-electron chi connectivity index (χ3n) is 3.27. The van der Waals surface area contributed by atoms with Crippen LogP contribution in [0.4, 0.5) is 0 Å². The van der Waals surface area contributed by atoms with Crippen molar-refractivity contribution in [2.75, 3.05) is 6.16 Å². The van der Waals surface area contributed by atoms with Crippen molar-refractivity contribution in [2.45, 2.75) is 18.9 Å². The highest BCUT2D eigenvalue weighted by Crippen LogP contribution is 2.56. The van der Waals surface area contributed by atoms with E-state index in [-0.39, 0.29) is 13.8 Å². The van der Waals surface area contributed by atoms with Gasteiger partial charge in [0.25, 0.3) is 0 Å². The van der Waals surface area contributed by atoms with E-state index >= 15 is 0 Å². The summed E-state index contributed by atoms with van der Waals surface area (Å²) in [5.41, 5.74) is 1.32. The van der Waals surface area contributed by atoms with Crippen molar-refractivity contribution < 1.29 is 4.74 Å². The molecule has 0 unspecified atom stereocenters. The van der Waals surface area contributed by atoms with Gasteiger partial charge in [0.15, 0.2) is 0 Å². The Labute approximate surface area is 110 Å². The molecule has 0 aromatic heterocycles. The first-order chi connectivity index (χ1) is 8.84. The Morgan fingerprint density at radius 1 is 0.944 bits per heavy atom. The molecule has 1 saturated heterocycles. The molecule has 2 aromatic rings. The zero-order valence-corrected chi connectivity index (χ0v) is 11.4. The van der Waals surface area contributed by atoms with Gasteiger partial charge in [-0.2, -0.15) is 0 Å². The van der Waals surface area contributed by atoms with Gasteiger partial charge in [-0.25, -0.2) is 0 Å². The Hall–Kier alpha value is -1.17. The maximum atomic E-state index is 6.14. The lowest BCUT2D eigenvalue weighted by Crippen LogP contribution is -2.05. The Kier molecular flexibility index (Phi) is 3.45. The van der Waals surface area contributed by atoms with Crippen LogP contribution in [-0.2, 0) is 4.74 Å². The van der Waals surface area contributed by atoms with E-state index in [9.17, 15) is 0 Å². The number of ether oxygens (including phenoxy) is 1. The van der Waals surface area contributed by atoms with Crippen molar-refractivity contribution in [2.24, 2.45) is 0 Å². The summed E-state index contributed by atoms with van der Waals surface area (Å²) >= 11 is 0. The van der Waals surface area contributed by atoms with Crippen molar-refractivity contribution in [1.29, 1.82) is 0 Å². The Bertz CT molecular complexity index is 450. The third kappa shape index (κ3) is 2.34. The highest BCUT2D eigenvalue weighted by atomic mass is 31.1. The second-order valence-electron chi connectivity index (χ2n) is 4.70. The molecule has 3 atom stereocenters. The van der Waals surface area contributed by atoms with Crippen molar-refractivity contribution >= 4 is 13.2 Å². The third-order valence-corrected chi connectivity index (χ3v) is 6.13. The van der Waals surface area contributed by atoms with Crippen molar-refractivity contribution in [1.82, 2.24) is 0 Å². The fourth-order valence-corrected chi connectivity index (χ4v) is 5.20. The summed E-state index contributed by atoms with van der Waals surface area (Å²) in [5, 5.41) is 1.45. The second-order valence-corrected chi connectivity index (χ2v) is 6.99. The first-order valence-corrected chi connectivity index (χ1v) is 7.96. The first-order valence-electron chi connectivity index (χ1n) is 6.37. The molecule has 1 nitrogen and oxygen atoms in total. The maximum Gasteiger partial charge on any atom is 0.106 e. The van der Waals surface area contributed by atoms with Gasteiger partial charge in [-0.15, -0.1) is 0 Å². The average molecular weight is 256 g/mol. The molecule has 0 bridgehead atoms. The molecule has 92 valence electrons. The summed E-state index contributed by atoms with van der Waals surface area (Å²) in [6.07, 6.45) is 1.53. The molecular formula is C16H17OP. The molecule has 0 amide bonds. The standard InChI is InChI=1S/C16H17OP/c1-13-12-18(15-10-6-3-7-11-15)16(17-13)14-8-4-2-5-9-14/h2-11,13,16H,12H2,1H3/t13-,16+,18+/m1/s1. The Morgan fingerprint density at radius 2 is 1.56 bits per heavy atom. The molecule has 2 heteroatoms. The molecule has 18 heavy (non-hydrogen) atoms. The van der Waals surface area contributed by atoms with E-state index in [1.54, 1.807) is 0 Å². The van der Waals surface area contributed by atoms with Gasteiger partial charge in [0.2, 0.25) is 0 Å². The van der Waals surface area contributed by atoms with Gasteiger partial charge < -0.3 is 4.74 Å². The zero-order chi connectivity index (χ0) is 12.4. The van der Waals surface area contributed by atoms with Crippen LogP contribution >= 0.6 is 7.92 Å². The molecule has 2 aromatic carbocycles. The summed E-state index contributed by atoms with van der Waals surface area (Å²) in [6.45, 7) is 2.18. The quantitative estimate of drug-likeness (QED) is 0.740. The van der Waals surface area contributed by atoms with Gasteiger partial charge in [-0.3, -0.25) is 0 Å². The Balaban J connectivity index is 1.93. The minimum Gasteiger partial charge on any atom is -0.365 e. The van der Waals surface area contributed by atoms with E-state index in [0.29, 0.717) is 6.10 Å². The van der Waals surface area contributed by atoms with Crippen LogP contribution in [0.25, 0.3) is 0 Å². The van der Waals surface area contributed by atoms with E-state index in [1.165, 1.54) is 17.0 Å². The molecule has 3 rings (SSSR count). The highest BCUT2D eigenvalue weighted by Gasteiger charge is 2.34. The second kappa shape index (κ2) is 5.22. The van der Waals surface area contributed by atoms with E-state index in [0.717, 1.165) is 0 Å². The first kappa shape index (κ1) is 11.9. The van der Waals surface area contributed by atoms with Gasteiger partial charge in [0, 0.05) is 6.16 Å². The number of rotatable bonds is 2. The van der Waals surface area contributed by atoms with Crippen LogP contribution in [0, 0.1) is 0 Å². The summed E-state index contributed by atoms with van der Waals surface area (Å²) in [5.74, 6) is 0.263. The topological polar surface area (TPSA) is 9.23 Å². The van der Waals surface area contributed by atoms with Crippen molar-refractivity contribution in [3.05, 3.63) is 66.2 Å². The van der Waals surface area contributed by atoms with Gasteiger partial charge >= 0.3 is 0 Å². The summed E-state index contributed by atoms with van der Waals surface area (Å²) in [7, 11) is -0.242. The lowest BCUT2D eigenvalue weighted by molar-refractivity contribution is 0.0778. The van der Waals surface area contributed by atoms with Gasteiger partial charge in [0.1, 0.15) is 5.85 Å². The normalized spacial score (nSPS) is 27.3. The smallest absolute Gasteiger partial charge is 0.106 e. The highest BCUT2D eigenvalue weighted by molar-refractivity contribution is 7.66. The fourth-order valence-electron chi connectivity index (χ4n) is 2.45. The molecule has 0 spiro atoms. The molecule has 0 aliphatic carbocycles. The molecule has 1 aliphatic rings. The lowest BCUT2D eigenvalue weighted by Gasteiger charge is -2.19. The SMILES string of the molecule is C[C@@H]1C[P@@](c2ccccc2)[C@@H](c2ccccc2)O1. The maximum absolute atomic E-state index is 6.14. The van der Waals surface area contributed by atoms with Crippen LogP contribution in [0.3, 0.4) is 0 Å². The van der Waals surface area contributed by atoms with Crippen molar-refractivity contribution in [3.8, 4) is 0 Å². The van der Waals surface area contributed by atoms with E-state index in [2.05, 4.69) is 67.6 Å². The molecule has 1 heterocycles. The monoisotopic (exact) mass is 256 g/mol. The van der Waals surface area contributed by atoms with Crippen LogP contribution in [0.15, 0.2) is 60.7 Å². The minimum atomic E-state index is -0.242. The van der Waals surface area contributed by atoms with Crippen LogP contribution in [0.5, 0.6) is 0 Å². The number of hydrogen-bond donors (Lipinski definition) is 0. The van der Waals surface area contributed by atoms with E-state index < -0.39 is 0 Å². The minimum absolute atomic E-state index is 0.242. The van der Waals surface area contributed by atoms with E-state index in [1.807, 2.05) is 0 Å². The van der Waals surface area contributed by atoms with Crippen LogP contribution in [0.1, 0.15) is 18.3 Å². The summed E-state index contributed by atoms with van der Waals surface area (Å²) in [4.78, 5) is 0. The van der Waals surface area contributed by atoms with Gasteiger partial charge in [0.05, 0.1) is 6.10 Å². The fraction of sp³-hybridized carbons (Fsp3) is 0.250. The largest absolute Gasteiger partial charge is 0.365 e. The average Bonchev–Trinajstić information content (AvgIpc) is 2.83. The van der Waals surface area contributed by atoms with Crippen LogP contribution in [0.2, 0.25) is 0 Å². The zero-order valence-electron chi connectivity index (χ0n) is 10.5. The molecule has 0 N–H and O–H groups in total. The van der Waals surface area contributed by atoms with Crippen LogP contribution in [-0.4, -0.2) is 12.3 Å². The van der Waals surface area contributed by atoms with Gasteiger partial charge in [-0.1, -0.05) is 60.7 Å².